The van der Waals surface area contributed by atoms with Gasteiger partial charge in [0.25, 0.3) is 6.43 Å². The molecule has 0 aliphatic heterocycles. The first kappa shape index (κ1) is 11.1. The molecule has 0 fully saturated rings. The molecule has 14 heavy (non-hydrogen) atoms. The van der Waals surface area contributed by atoms with E-state index in [9.17, 15) is 8.78 Å². The zero-order chi connectivity index (χ0) is 10.6. The van der Waals surface area contributed by atoms with Crippen LogP contribution in [0.3, 0.4) is 0 Å². The topological polar surface area (TPSA) is 36.7 Å². The average Bonchev–Trinajstić information content (AvgIpc) is 2.17. The summed E-state index contributed by atoms with van der Waals surface area (Å²) in [6.45, 7) is 0. The summed E-state index contributed by atoms with van der Waals surface area (Å²) in [7, 11) is 0. The molecular formula is C9H7BrF2N2. The SMILES string of the molecule is N#CCc1cncc(CBr)c1C(F)F. The molecular weight excluding hydrogens is 254 g/mol. The van der Waals surface area contributed by atoms with Gasteiger partial charge in [0, 0.05) is 23.3 Å². The zero-order valence-corrected chi connectivity index (χ0v) is 8.76. The fourth-order valence-electron chi connectivity index (χ4n) is 1.18. The number of alkyl halides is 3. The summed E-state index contributed by atoms with van der Waals surface area (Å²) < 4.78 is 25.3. The van der Waals surface area contributed by atoms with E-state index in [0.717, 1.165) is 0 Å². The van der Waals surface area contributed by atoms with E-state index in [1.54, 1.807) is 0 Å². The lowest BCUT2D eigenvalue weighted by Gasteiger charge is -2.09. The summed E-state index contributed by atoms with van der Waals surface area (Å²) >= 11 is 3.11. The molecule has 0 amide bonds. The van der Waals surface area contributed by atoms with E-state index in [-0.39, 0.29) is 12.0 Å². The number of nitriles is 1. The maximum absolute atomic E-state index is 12.6. The van der Waals surface area contributed by atoms with E-state index >= 15 is 0 Å². The minimum atomic E-state index is -2.56. The predicted octanol–water partition coefficient (Wildman–Crippen LogP) is 2.98. The van der Waals surface area contributed by atoms with Crippen molar-refractivity contribution >= 4 is 15.9 Å². The van der Waals surface area contributed by atoms with Gasteiger partial charge < -0.3 is 0 Å². The zero-order valence-electron chi connectivity index (χ0n) is 7.17. The third-order valence-electron chi connectivity index (χ3n) is 1.78. The van der Waals surface area contributed by atoms with E-state index < -0.39 is 6.43 Å². The minimum Gasteiger partial charge on any atom is -0.264 e. The molecule has 2 nitrogen and oxygen atoms in total. The molecule has 0 N–H and O–H groups in total. The fourth-order valence-corrected chi connectivity index (χ4v) is 1.62. The smallest absolute Gasteiger partial charge is 0.264 e. The van der Waals surface area contributed by atoms with Crippen molar-refractivity contribution in [1.82, 2.24) is 4.98 Å². The second-order valence-electron chi connectivity index (χ2n) is 2.64. The van der Waals surface area contributed by atoms with Gasteiger partial charge in [-0.25, -0.2) is 8.78 Å². The van der Waals surface area contributed by atoms with Crippen LogP contribution in [0, 0.1) is 11.3 Å². The van der Waals surface area contributed by atoms with Crippen LogP contribution in [-0.4, -0.2) is 4.98 Å². The third-order valence-corrected chi connectivity index (χ3v) is 2.39. The molecule has 0 bridgehead atoms. The molecule has 74 valence electrons. The molecule has 0 aromatic carbocycles. The van der Waals surface area contributed by atoms with Crippen molar-refractivity contribution in [2.45, 2.75) is 18.2 Å². The second kappa shape index (κ2) is 5.01. The highest BCUT2D eigenvalue weighted by Crippen LogP contribution is 2.27. The Morgan fingerprint density at radius 1 is 1.43 bits per heavy atom. The number of rotatable bonds is 3. The minimum absolute atomic E-state index is 0.0342. The predicted molar refractivity (Wildman–Crippen MR) is 51.1 cm³/mol. The van der Waals surface area contributed by atoms with Crippen LogP contribution in [-0.2, 0) is 11.8 Å². The van der Waals surface area contributed by atoms with Gasteiger partial charge in [0.2, 0.25) is 0 Å². The first-order chi connectivity index (χ1) is 6.70. The van der Waals surface area contributed by atoms with Crippen molar-refractivity contribution in [2.24, 2.45) is 0 Å². The first-order valence-corrected chi connectivity index (χ1v) is 4.99. The Kier molecular flexibility index (Phi) is 3.96. The number of aromatic nitrogens is 1. The number of nitrogens with zero attached hydrogens (tertiary/aromatic N) is 2. The van der Waals surface area contributed by atoms with Gasteiger partial charge in [0.1, 0.15) is 0 Å². The number of pyridine rings is 1. The largest absolute Gasteiger partial charge is 0.264 e. The molecule has 0 spiro atoms. The maximum Gasteiger partial charge on any atom is 0.264 e. The molecule has 1 rings (SSSR count). The van der Waals surface area contributed by atoms with Crippen LogP contribution in [0.25, 0.3) is 0 Å². The monoisotopic (exact) mass is 260 g/mol. The molecule has 0 saturated carbocycles. The van der Waals surface area contributed by atoms with E-state index in [1.807, 2.05) is 6.07 Å². The van der Waals surface area contributed by atoms with Crippen molar-refractivity contribution in [3.05, 3.63) is 29.1 Å². The average molecular weight is 261 g/mol. The molecule has 0 aliphatic carbocycles. The Balaban J connectivity index is 3.22. The third kappa shape index (κ3) is 2.26. The molecule has 0 aliphatic rings. The first-order valence-electron chi connectivity index (χ1n) is 3.87. The van der Waals surface area contributed by atoms with Crippen LogP contribution >= 0.6 is 15.9 Å². The van der Waals surface area contributed by atoms with Gasteiger partial charge in [0.05, 0.1) is 12.5 Å². The lowest BCUT2D eigenvalue weighted by atomic mass is 10.0. The highest BCUT2D eigenvalue weighted by atomic mass is 79.9. The highest BCUT2D eigenvalue weighted by molar-refractivity contribution is 9.08. The van der Waals surface area contributed by atoms with Gasteiger partial charge in [-0.3, -0.25) is 4.98 Å². The van der Waals surface area contributed by atoms with Crippen molar-refractivity contribution in [1.29, 1.82) is 5.26 Å². The van der Waals surface area contributed by atoms with Crippen LogP contribution < -0.4 is 0 Å². The van der Waals surface area contributed by atoms with Crippen LogP contribution in [0.15, 0.2) is 12.4 Å². The quantitative estimate of drug-likeness (QED) is 0.784. The Bertz CT molecular complexity index is 360. The Morgan fingerprint density at radius 3 is 2.57 bits per heavy atom. The molecule has 0 atom stereocenters. The van der Waals surface area contributed by atoms with E-state index in [4.69, 9.17) is 5.26 Å². The normalized spacial score (nSPS) is 10.2. The molecule has 0 radical (unpaired) electrons. The lowest BCUT2D eigenvalue weighted by molar-refractivity contribution is 0.149. The van der Waals surface area contributed by atoms with Crippen LogP contribution in [0.4, 0.5) is 8.78 Å². The van der Waals surface area contributed by atoms with E-state index in [1.165, 1.54) is 12.4 Å². The molecule has 1 heterocycles. The van der Waals surface area contributed by atoms with Crippen LogP contribution in [0.2, 0.25) is 0 Å². The standard InChI is InChI=1S/C9H7BrF2N2/c10-3-7-5-14-4-6(1-2-13)8(7)9(11)12/h4-5,9H,1,3H2. The molecule has 0 unspecified atom stereocenters. The van der Waals surface area contributed by atoms with E-state index in [0.29, 0.717) is 16.5 Å². The molecule has 5 heteroatoms. The summed E-state index contributed by atoms with van der Waals surface area (Å²) in [5.41, 5.74) is 0.672. The van der Waals surface area contributed by atoms with Gasteiger partial charge >= 0.3 is 0 Å². The Labute approximate surface area is 88.7 Å². The summed E-state index contributed by atoms with van der Waals surface area (Å²) in [6.07, 6.45) is 0.107. The van der Waals surface area contributed by atoms with Gasteiger partial charge in [-0.2, -0.15) is 5.26 Å². The lowest BCUT2D eigenvalue weighted by Crippen LogP contribution is -2.00. The molecule has 0 saturated heterocycles. The van der Waals surface area contributed by atoms with Gasteiger partial charge in [0.15, 0.2) is 0 Å². The summed E-state index contributed by atoms with van der Waals surface area (Å²) in [5, 5.41) is 8.77. The van der Waals surface area contributed by atoms with Crippen molar-refractivity contribution in [3.63, 3.8) is 0 Å². The second-order valence-corrected chi connectivity index (χ2v) is 3.20. The van der Waals surface area contributed by atoms with Gasteiger partial charge in [-0.05, 0) is 11.1 Å². The number of hydrogen-bond donors (Lipinski definition) is 0. The molecule has 1 aromatic rings. The fraction of sp³-hybridized carbons (Fsp3) is 0.333. The van der Waals surface area contributed by atoms with Crippen molar-refractivity contribution < 1.29 is 8.78 Å². The molecule has 1 aromatic heterocycles. The van der Waals surface area contributed by atoms with E-state index in [2.05, 4.69) is 20.9 Å². The summed E-state index contributed by atoms with van der Waals surface area (Å²) in [4.78, 5) is 3.80. The van der Waals surface area contributed by atoms with Crippen LogP contribution in [0.5, 0.6) is 0 Å². The summed E-state index contributed by atoms with van der Waals surface area (Å²) in [6, 6.07) is 1.84. The van der Waals surface area contributed by atoms with Crippen molar-refractivity contribution in [2.75, 3.05) is 0 Å². The number of hydrogen-bond acceptors (Lipinski definition) is 2. The Hall–Kier alpha value is -1.02. The Morgan fingerprint density at radius 2 is 2.07 bits per heavy atom. The highest BCUT2D eigenvalue weighted by Gasteiger charge is 2.17. The maximum atomic E-state index is 12.6. The van der Waals surface area contributed by atoms with Crippen molar-refractivity contribution in [3.8, 4) is 6.07 Å². The van der Waals surface area contributed by atoms with Gasteiger partial charge in [-0.15, -0.1) is 0 Å². The summed E-state index contributed by atoms with van der Waals surface area (Å²) in [5.74, 6) is 0. The van der Waals surface area contributed by atoms with Gasteiger partial charge in [-0.1, -0.05) is 15.9 Å². The number of halogens is 3. The van der Waals surface area contributed by atoms with Crippen LogP contribution in [0.1, 0.15) is 23.1 Å².